The monoisotopic (exact) mass is 196 g/mol. The molecule has 0 aliphatic rings. The van der Waals surface area contributed by atoms with Crippen molar-refractivity contribution in [1.29, 1.82) is 0 Å². The van der Waals surface area contributed by atoms with Gasteiger partial charge in [0.15, 0.2) is 5.15 Å². The lowest BCUT2D eigenvalue weighted by Crippen LogP contribution is -1.90. The molecule has 0 amide bonds. The number of rotatable bonds is 0. The Kier molecular flexibility index (Phi) is 2.24. The first-order valence-electron chi connectivity index (χ1n) is 2.38. The van der Waals surface area contributed by atoms with Crippen molar-refractivity contribution in [2.24, 2.45) is 0 Å². The maximum Gasteiger partial charge on any atom is 0.153 e. The van der Waals surface area contributed by atoms with Crippen molar-refractivity contribution in [3.63, 3.8) is 0 Å². The van der Waals surface area contributed by atoms with Crippen LogP contribution in [0.3, 0.4) is 0 Å². The highest BCUT2D eigenvalue weighted by Gasteiger charge is 2.05. The first-order valence-corrected chi connectivity index (χ1v) is 3.51. The third-order valence-electron chi connectivity index (χ3n) is 0.960. The summed E-state index contributed by atoms with van der Waals surface area (Å²) in [6.07, 6.45) is 1.35. The molecule has 2 nitrogen and oxygen atoms in total. The Morgan fingerprint density at radius 2 is 1.90 bits per heavy atom. The third-order valence-corrected chi connectivity index (χ3v) is 2.05. The van der Waals surface area contributed by atoms with E-state index in [2.05, 4.69) is 4.98 Å². The van der Waals surface area contributed by atoms with Gasteiger partial charge in [-0.05, 0) is 0 Å². The Hall–Kier alpha value is -0.180. The van der Waals surface area contributed by atoms with Crippen molar-refractivity contribution in [3.05, 3.63) is 21.4 Å². The lowest BCUT2D eigenvalue weighted by Gasteiger charge is -1.99. The number of anilines is 1. The second kappa shape index (κ2) is 2.82. The molecule has 2 N–H and O–H groups in total. The van der Waals surface area contributed by atoms with Crippen molar-refractivity contribution >= 4 is 40.5 Å². The summed E-state index contributed by atoms with van der Waals surface area (Å²) in [5, 5.41) is 0.736. The molecule has 5 heteroatoms. The number of hydrogen-bond acceptors (Lipinski definition) is 2. The molecular weight excluding hydrogens is 194 g/mol. The van der Waals surface area contributed by atoms with Crippen LogP contribution in [0.4, 0.5) is 5.69 Å². The molecule has 1 aromatic rings. The lowest BCUT2D eigenvalue weighted by atomic mass is 10.4. The summed E-state index contributed by atoms with van der Waals surface area (Å²) in [5.74, 6) is 0. The first kappa shape index (κ1) is 7.92. The van der Waals surface area contributed by atoms with E-state index in [1.165, 1.54) is 6.20 Å². The minimum absolute atomic E-state index is 0.175. The van der Waals surface area contributed by atoms with Crippen molar-refractivity contribution in [2.75, 3.05) is 5.73 Å². The van der Waals surface area contributed by atoms with Crippen LogP contribution < -0.4 is 5.73 Å². The van der Waals surface area contributed by atoms with E-state index in [1.54, 1.807) is 0 Å². The molecule has 1 aromatic heterocycles. The minimum Gasteiger partial charge on any atom is -0.395 e. The van der Waals surface area contributed by atoms with E-state index in [9.17, 15) is 0 Å². The Bertz CT molecular complexity index is 234. The third kappa shape index (κ3) is 1.29. The number of hydrogen-bond donors (Lipinski definition) is 1. The normalized spacial score (nSPS) is 9.90. The van der Waals surface area contributed by atoms with Gasteiger partial charge in [0.1, 0.15) is 0 Å². The molecule has 10 heavy (non-hydrogen) atoms. The number of nitrogen functional groups attached to an aromatic ring is 1. The van der Waals surface area contributed by atoms with E-state index >= 15 is 0 Å². The topological polar surface area (TPSA) is 38.9 Å². The average molecular weight is 197 g/mol. The van der Waals surface area contributed by atoms with Crippen LogP contribution in [0.15, 0.2) is 6.20 Å². The van der Waals surface area contributed by atoms with Gasteiger partial charge in [0, 0.05) is 6.20 Å². The van der Waals surface area contributed by atoms with Crippen LogP contribution in [0.5, 0.6) is 0 Å². The fourth-order valence-electron chi connectivity index (χ4n) is 0.459. The zero-order chi connectivity index (χ0) is 7.72. The van der Waals surface area contributed by atoms with Gasteiger partial charge in [-0.15, -0.1) is 0 Å². The van der Waals surface area contributed by atoms with Crippen LogP contribution >= 0.6 is 34.8 Å². The van der Waals surface area contributed by atoms with Gasteiger partial charge in [0.25, 0.3) is 0 Å². The summed E-state index contributed by atoms with van der Waals surface area (Å²) in [6, 6.07) is 0. The number of halogens is 3. The molecule has 0 aliphatic heterocycles. The number of pyridine rings is 1. The Labute approximate surface area is 72.9 Å². The standard InChI is InChI=1S/C5H3Cl3N2/c6-2-1-10-5(8)4(9)3(2)7/h1H,9H2. The Morgan fingerprint density at radius 3 is 2.40 bits per heavy atom. The molecule has 1 heterocycles. The highest BCUT2D eigenvalue weighted by molar-refractivity contribution is 6.45. The molecule has 0 spiro atoms. The highest BCUT2D eigenvalue weighted by atomic mass is 35.5. The van der Waals surface area contributed by atoms with Gasteiger partial charge in [0.05, 0.1) is 15.7 Å². The van der Waals surface area contributed by atoms with Crippen LogP contribution in [-0.4, -0.2) is 4.98 Å². The Morgan fingerprint density at radius 1 is 1.30 bits per heavy atom. The van der Waals surface area contributed by atoms with Gasteiger partial charge >= 0.3 is 0 Å². The maximum absolute atomic E-state index is 5.60. The van der Waals surface area contributed by atoms with E-state index in [-0.39, 0.29) is 15.9 Å². The fourth-order valence-corrected chi connectivity index (χ4v) is 0.939. The molecule has 0 saturated heterocycles. The fraction of sp³-hybridized carbons (Fsp3) is 0. The largest absolute Gasteiger partial charge is 0.395 e. The van der Waals surface area contributed by atoms with Gasteiger partial charge in [-0.1, -0.05) is 34.8 Å². The summed E-state index contributed by atoms with van der Waals surface area (Å²) in [7, 11) is 0. The van der Waals surface area contributed by atoms with Gasteiger partial charge in [-0.25, -0.2) is 4.98 Å². The van der Waals surface area contributed by atoms with Crippen LogP contribution in [0.1, 0.15) is 0 Å². The number of aromatic nitrogens is 1. The Balaban J connectivity index is 3.34. The molecule has 0 bridgehead atoms. The van der Waals surface area contributed by atoms with Gasteiger partial charge in [-0.3, -0.25) is 0 Å². The number of nitrogens with two attached hydrogens (primary N) is 1. The molecule has 0 aromatic carbocycles. The zero-order valence-corrected chi connectivity index (χ0v) is 7.00. The SMILES string of the molecule is Nc1c(Cl)ncc(Cl)c1Cl. The molecule has 0 saturated carbocycles. The molecule has 0 radical (unpaired) electrons. The predicted molar refractivity (Wildman–Crippen MR) is 43.7 cm³/mol. The smallest absolute Gasteiger partial charge is 0.153 e. The summed E-state index contributed by atoms with van der Waals surface area (Å²) in [6.45, 7) is 0. The second-order valence-electron chi connectivity index (χ2n) is 1.62. The number of nitrogens with zero attached hydrogens (tertiary/aromatic N) is 1. The summed E-state index contributed by atoms with van der Waals surface area (Å²) in [5.41, 5.74) is 5.59. The molecule has 0 unspecified atom stereocenters. The minimum atomic E-state index is 0.175. The van der Waals surface area contributed by atoms with Crippen molar-refractivity contribution in [3.8, 4) is 0 Å². The van der Waals surface area contributed by atoms with E-state index in [4.69, 9.17) is 40.5 Å². The molecule has 0 aliphatic carbocycles. The van der Waals surface area contributed by atoms with Crippen LogP contribution in [0, 0.1) is 0 Å². The van der Waals surface area contributed by atoms with Crippen LogP contribution in [0.2, 0.25) is 15.2 Å². The zero-order valence-electron chi connectivity index (χ0n) is 4.74. The average Bonchev–Trinajstić information content (AvgIpc) is 1.93. The van der Waals surface area contributed by atoms with E-state index in [0.29, 0.717) is 5.02 Å². The highest BCUT2D eigenvalue weighted by Crippen LogP contribution is 2.30. The quantitative estimate of drug-likeness (QED) is 0.649. The first-order chi connectivity index (χ1) is 4.63. The van der Waals surface area contributed by atoms with Crippen molar-refractivity contribution in [2.45, 2.75) is 0 Å². The summed E-state index contributed by atoms with van der Waals surface area (Å²) in [4.78, 5) is 3.66. The van der Waals surface area contributed by atoms with Crippen molar-refractivity contribution < 1.29 is 0 Å². The van der Waals surface area contributed by atoms with Gasteiger partial charge < -0.3 is 5.73 Å². The summed E-state index contributed by atoms with van der Waals surface area (Å²) >= 11 is 16.7. The molecule has 54 valence electrons. The molecular formula is C5H3Cl3N2. The van der Waals surface area contributed by atoms with E-state index in [1.807, 2.05) is 0 Å². The van der Waals surface area contributed by atoms with E-state index in [0.717, 1.165) is 0 Å². The lowest BCUT2D eigenvalue weighted by molar-refractivity contribution is 1.33. The summed E-state index contributed by atoms with van der Waals surface area (Å²) < 4.78 is 0. The maximum atomic E-state index is 5.60. The second-order valence-corrected chi connectivity index (χ2v) is 2.77. The molecule has 0 fully saturated rings. The van der Waals surface area contributed by atoms with E-state index < -0.39 is 0 Å². The van der Waals surface area contributed by atoms with Crippen LogP contribution in [0.25, 0.3) is 0 Å². The van der Waals surface area contributed by atoms with Gasteiger partial charge in [0.2, 0.25) is 0 Å². The molecule has 1 rings (SSSR count). The molecule has 0 atom stereocenters. The van der Waals surface area contributed by atoms with Gasteiger partial charge in [-0.2, -0.15) is 0 Å². The van der Waals surface area contributed by atoms with Crippen LogP contribution in [-0.2, 0) is 0 Å². The predicted octanol–water partition coefficient (Wildman–Crippen LogP) is 2.62. The van der Waals surface area contributed by atoms with Crippen molar-refractivity contribution in [1.82, 2.24) is 4.98 Å².